The lowest BCUT2D eigenvalue weighted by molar-refractivity contribution is -0.138. The van der Waals surface area contributed by atoms with Crippen LogP contribution in [0.5, 0.6) is 0 Å². The van der Waals surface area contributed by atoms with Gasteiger partial charge < -0.3 is 21.3 Å². The van der Waals surface area contributed by atoms with Crippen molar-refractivity contribution < 1.29 is 15.0 Å². The molecular formula is C21H42N2O3. The maximum Gasteiger partial charge on any atom is 0.226 e. The van der Waals surface area contributed by atoms with Crippen LogP contribution in [-0.2, 0) is 4.79 Å². The molecule has 0 saturated carbocycles. The number of rotatable bonds is 9. The minimum Gasteiger partial charge on any atom is -0.389 e. The van der Waals surface area contributed by atoms with E-state index in [0.717, 1.165) is 0 Å². The Morgan fingerprint density at radius 3 is 1.88 bits per heavy atom. The molecule has 0 heterocycles. The zero-order chi connectivity index (χ0) is 21.2. The Kier molecular flexibility index (Phi) is 7.71. The molecule has 0 aliphatic rings. The van der Waals surface area contributed by atoms with E-state index in [4.69, 9.17) is 5.73 Å². The van der Waals surface area contributed by atoms with Crippen LogP contribution >= 0.6 is 0 Å². The Bertz CT molecular complexity index is 512. The second kappa shape index (κ2) is 7.99. The van der Waals surface area contributed by atoms with Gasteiger partial charge in [-0.2, -0.15) is 0 Å². The first-order chi connectivity index (χ1) is 11.3. The summed E-state index contributed by atoms with van der Waals surface area (Å²) in [6.45, 7) is 18.7. The van der Waals surface area contributed by atoms with E-state index < -0.39 is 28.1 Å². The fraction of sp³-hybridized carbons (Fsp3) is 0.857. The second-order valence-corrected chi connectivity index (χ2v) is 10.7. The summed E-state index contributed by atoms with van der Waals surface area (Å²) in [6.07, 6.45) is 3.36. The van der Waals surface area contributed by atoms with Crippen molar-refractivity contribution in [2.45, 2.75) is 105 Å². The van der Waals surface area contributed by atoms with Gasteiger partial charge in [0.25, 0.3) is 0 Å². The number of carbonyl (C=O) groups is 1. The van der Waals surface area contributed by atoms with Gasteiger partial charge in [0.2, 0.25) is 5.91 Å². The Morgan fingerprint density at radius 2 is 1.50 bits per heavy atom. The number of allylic oxidation sites excluding steroid dienone is 1. The number of hydrogen-bond acceptors (Lipinski definition) is 4. The lowest BCUT2D eigenvalue weighted by Crippen LogP contribution is -2.55. The molecule has 26 heavy (non-hydrogen) atoms. The summed E-state index contributed by atoms with van der Waals surface area (Å²) < 4.78 is 0. The second-order valence-electron chi connectivity index (χ2n) is 10.7. The van der Waals surface area contributed by atoms with E-state index in [2.05, 4.69) is 5.32 Å². The highest BCUT2D eigenvalue weighted by atomic mass is 16.3. The van der Waals surface area contributed by atoms with Crippen molar-refractivity contribution in [3.63, 3.8) is 0 Å². The van der Waals surface area contributed by atoms with Crippen LogP contribution in [0.2, 0.25) is 0 Å². The SMILES string of the molecule is CC=CC(C)(O)C(O)C(C)(C)CC(C)(C)C(=O)NC(C)(C)CC(C)(C)N. The van der Waals surface area contributed by atoms with Gasteiger partial charge in [-0.1, -0.05) is 39.8 Å². The molecule has 0 rings (SSSR count). The van der Waals surface area contributed by atoms with Crippen LogP contribution in [0.15, 0.2) is 12.2 Å². The molecule has 0 saturated heterocycles. The summed E-state index contributed by atoms with van der Waals surface area (Å²) in [7, 11) is 0. The molecule has 0 aromatic carbocycles. The maximum atomic E-state index is 12.9. The van der Waals surface area contributed by atoms with E-state index in [1.54, 1.807) is 26.0 Å². The van der Waals surface area contributed by atoms with E-state index in [1.165, 1.54) is 0 Å². The number of nitrogens with two attached hydrogens (primary N) is 1. The van der Waals surface area contributed by atoms with Crippen molar-refractivity contribution in [2.24, 2.45) is 16.6 Å². The molecular weight excluding hydrogens is 328 g/mol. The average molecular weight is 371 g/mol. The molecule has 0 aromatic rings. The highest BCUT2D eigenvalue weighted by Crippen LogP contribution is 2.40. The topological polar surface area (TPSA) is 95.6 Å². The lowest BCUT2D eigenvalue weighted by Gasteiger charge is -2.43. The van der Waals surface area contributed by atoms with Crippen LogP contribution in [0.1, 0.15) is 82.1 Å². The number of carbonyl (C=O) groups excluding carboxylic acids is 1. The van der Waals surface area contributed by atoms with Gasteiger partial charge in [-0.05, 0) is 59.8 Å². The van der Waals surface area contributed by atoms with Gasteiger partial charge in [0.1, 0.15) is 5.60 Å². The summed E-state index contributed by atoms with van der Waals surface area (Å²) in [5.41, 5.74) is 2.54. The fourth-order valence-corrected chi connectivity index (χ4v) is 4.20. The van der Waals surface area contributed by atoms with Gasteiger partial charge in [-0.25, -0.2) is 0 Å². The van der Waals surface area contributed by atoms with Crippen molar-refractivity contribution >= 4 is 5.91 Å². The molecule has 5 nitrogen and oxygen atoms in total. The smallest absolute Gasteiger partial charge is 0.226 e. The molecule has 2 atom stereocenters. The fourth-order valence-electron chi connectivity index (χ4n) is 4.20. The molecule has 0 radical (unpaired) electrons. The normalized spacial score (nSPS) is 17.9. The first kappa shape index (κ1) is 25.1. The molecule has 0 aliphatic heterocycles. The third-order valence-electron chi connectivity index (χ3n) is 4.66. The molecule has 0 fully saturated rings. The first-order valence-corrected chi connectivity index (χ1v) is 9.42. The van der Waals surface area contributed by atoms with Gasteiger partial charge in [0, 0.05) is 16.5 Å². The predicted molar refractivity (Wildman–Crippen MR) is 109 cm³/mol. The quantitative estimate of drug-likeness (QED) is 0.469. The maximum absolute atomic E-state index is 12.9. The number of aliphatic hydroxyl groups is 2. The zero-order valence-electron chi connectivity index (χ0n) is 18.5. The third-order valence-corrected chi connectivity index (χ3v) is 4.66. The van der Waals surface area contributed by atoms with Gasteiger partial charge in [0.15, 0.2) is 0 Å². The average Bonchev–Trinajstić information content (AvgIpc) is 2.32. The van der Waals surface area contributed by atoms with Crippen LogP contribution in [0.25, 0.3) is 0 Å². The minimum atomic E-state index is -1.35. The van der Waals surface area contributed by atoms with Crippen molar-refractivity contribution in [2.75, 3.05) is 0 Å². The number of hydrogen-bond donors (Lipinski definition) is 4. The molecule has 0 aliphatic carbocycles. The van der Waals surface area contributed by atoms with Crippen molar-refractivity contribution in [1.82, 2.24) is 5.32 Å². The van der Waals surface area contributed by atoms with Gasteiger partial charge in [-0.15, -0.1) is 0 Å². The molecule has 5 N–H and O–H groups in total. The Hall–Kier alpha value is -0.910. The lowest BCUT2D eigenvalue weighted by atomic mass is 9.67. The van der Waals surface area contributed by atoms with Gasteiger partial charge in [-0.3, -0.25) is 4.79 Å². The van der Waals surface area contributed by atoms with Gasteiger partial charge in [0.05, 0.1) is 6.10 Å². The number of amides is 1. The van der Waals surface area contributed by atoms with Gasteiger partial charge >= 0.3 is 0 Å². The highest BCUT2D eigenvalue weighted by molar-refractivity contribution is 5.82. The van der Waals surface area contributed by atoms with Crippen LogP contribution in [0, 0.1) is 10.8 Å². The molecule has 0 spiro atoms. The molecule has 1 amide bonds. The zero-order valence-corrected chi connectivity index (χ0v) is 18.5. The van der Waals surface area contributed by atoms with E-state index in [9.17, 15) is 15.0 Å². The molecule has 0 aromatic heterocycles. The van der Waals surface area contributed by atoms with E-state index >= 15 is 0 Å². The number of aliphatic hydroxyl groups excluding tert-OH is 1. The van der Waals surface area contributed by atoms with Crippen LogP contribution < -0.4 is 11.1 Å². The van der Waals surface area contributed by atoms with E-state index in [-0.39, 0.29) is 11.4 Å². The largest absolute Gasteiger partial charge is 0.389 e. The summed E-state index contributed by atoms with van der Waals surface area (Å²) in [5.74, 6) is -0.0855. The summed E-state index contributed by atoms with van der Waals surface area (Å²) in [6, 6.07) is 0. The summed E-state index contributed by atoms with van der Waals surface area (Å²) in [4.78, 5) is 12.9. The Morgan fingerprint density at radius 1 is 1.04 bits per heavy atom. The molecule has 2 unspecified atom stereocenters. The van der Waals surface area contributed by atoms with Crippen LogP contribution in [0.4, 0.5) is 0 Å². The Balaban J connectivity index is 5.30. The first-order valence-electron chi connectivity index (χ1n) is 9.42. The summed E-state index contributed by atoms with van der Waals surface area (Å²) >= 11 is 0. The monoisotopic (exact) mass is 370 g/mol. The Labute approximate surface area is 160 Å². The predicted octanol–water partition coefficient (Wildman–Crippen LogP) is 3.14. The third kappa shape index (κ3) is 7.77. The van der Waals surface area contributed by atoms with Crippen LogP contribution in [0.3, 0.4) is 0 Å². The summed E-state index contributed by atoms with van der Waals surface area (Å²) in [5, 5.41) is 24.3. The van der Waals surface area contributed by atoms with Crippen molar-refractivity contribution in [3.05, 3.63) is 12.2 Å². The highest BCUT2D eigenvalue weighted by Gasteiger charge is 2.45. The van der Waals surface area contributed by atoms with E-state index in [0.29, 0.717) is 12.8 Å². The molecule has 5 heteroatoms. The molecule has 154 valence electrons. The number of nitrogens with one attached hydrogen (secondary N) is 1. The van der Waals surface area contributed by atoms with Crippen molar-refractivity contribution in [1.29, 1.82) is 0 Å². The van der Waals surface area contributed by atoms with E-state index in [1.807, 2.05) is 55.4 Å². The standard InChI is InChI=1S/C21H42N2O3/c1-11-12-21(10,26)15(24)17(2,3)13-18(4,5)16(25)23-20(8,9)14-19(6,7)22/h11-12,15,24,26H,13-14,22H2,1-10H3,(H,23,25). The van der Waals surface area contributed by atoms with Crippen molar-refractivity contribution in [3.8, 4) is 0 Å². The van der Waals surface area contributed by atoms with Crippen LogP contribution in [-0.4, -0.2) is 38.9 Å². The minimum absolute atomic E-state index is 0.0855. The molecule has 0 bridgehead atoms.